The quantitative estimate of drug-likeness (QED) is 0.856. The molecule has 1 saturated heterocycles. The molecule has 0 spiro atoms. The summed E-state index contributed by atoms with van der Waals surface area (Å²) in [7, 11) is 0. The van der Waals surface area contributed by atoms with Gasteiger partial charge >= 0.3 is 0 Å². The molecule has 136 valence electrons. The number of primary amides is 1. The average molecular weight is 351 g/mol. The number of anilines is 2. The summed E-state index contributed by atoms with van der Waals surface area (Å²) in [6.07, 6.45) is -0.943. The van der Waals surface area contributed by atoms with E-state index in [1.165, 1.54) is 6.92 Å². The van der Waals surface area contributed by atoms with Gasteiger partial charge in [-0.15, -0.1) is 0 Å². The fraction of sp³-hybridized carbons (Fsp3) is 0.556. The van der Waals surface area contributed by atoms with Crippen LogP contribution in [0.1, 0.15) is 26.2 Å². The summed E-state index contributed by atoms with van der Waals surface area (Å²) in [5.41, 5.74) is 5.62. The Morgan fingerprint density at radius 3 is 2.48 bits per heavy atom. The van der Waals surface area contributed by atoms with Crippen LogP contribution in [0.15, 0.2) is 24.3 Å². The van der Waals surface area contributed by atoms with Crippen molar-refractivity contribution < 1.29 is 18.4 Å². The molecule has 3 rings (SSSR count). The van der Waals surface area contributed by atoms with Crippen LogP contribution in [0.5, 0.6) is 0 Å². The molecule has 0 aromatic heterocycles. The average Bonchev–Trinajstić information content (AvgIpc) is 3.29. The predicted molar refractivity (Wildman–Crippen MR) is 91.4 cm³/mol. The van der Waals surface area contributed by atoms with Crippen molar-refractivity contribution in [3.8, 4) is 0 Å². The van der Waals surface area contributed by atoms with Crippen molar-refractivity contribution in [3.63, 3.8) is 0 Å². The zero-order valence-electron chi connectivity index (χ0n) is 14.2. The monoisotopic (exact) mass is 351 g/mol. The molecule has 0 radical (unpaired) electrons. The minimum absolute atomic E-state index is 0.115. The van der Waals surface area contributed by atoms with Crippen LogP contribution in [0, 0.1) is 17.3 Å². The van der Waals surface area contributed by atoms with E-state index in [0.29, 0.717) is 31.6 Å². The zero-order chi connectivity index (χ0) is 18.2. The smallest absolute Gasteiger partial charge is 0.244 e. The summed E-state index contributed by atoms with van der Waals surface area (Å²) >= 11 is 0. The largest absolute Gasteiger partial charge is 0.370 e. The normalized spacial score (nSPS) is 26.6. The standard InChI is InChI=1S/C18H23F2N3O2/c1-18(17(19)20)10-12(18)16(25)22-13-4-2-3-5-14(13)23-8-6-11(7-9-23)15(21)24/h2-5,11-12,17H,6-10H2,1H3,(H2,21,24)(H,22,25). The van der Waals surface area contributed by atoms with E-state index < -0.39 is 17.8 Å². The van der Waals surface area contributed by atoms with Gasteiger partial charge in [0.1, 0.15) is 0 Å². The van der Waals surface area contributed by atoms with E-state index in [4.69, 9.17) is 5.73 Å². The highest BCUT2D eigenvalue weighted by Gasteiger charge is 2.60. The van der Waals surface area contributed by atoms with Crippen LogP contribution in [-0.2, 0) is 9.59 Å². The summed E-state index contributed by atoms with van der Waals surface area (Å²) in [4.78, 5) is 25.7. The molecule has 1 aromatic carbocycles. The molecular weight excluding hydrogens is 328 g/mol. The highest BCUT2D eigenvalue weighted by Crippen LogP contribution is 2.56. The van der Waals surface area contributed by atoms with Crippen molar-refractivity contribution in [2.45, 2.75) is 32.6 Å². The Labute approximate surface area is 145 Å². The van der Waals surface area contributed by atoms with Gasteiger partial charge in [-0.3, -0.25) is 9.59 Å². The van der Waals surface area contributed by atoms with Gasteiger partial charge in [0.25, 0.3) is 0 Å². The second kappa shape index (κ2) is 6.61. The number of para-hydroxylation sites is 2. The summed E-state index contributed by atoms with van der Waals surface area (Å²) in [5, 5.41) is 2.81. The molecule has 2 unspecified atom stereocenters. The van der Waals surface area contributed by atoms with E-state index in [2.05, 4.69) is 10.2 Å². The molecule has 1 heterocycles. The van der Waals surface area contributed by atoms with Crippen LogP contribution >= 0.6 is 0 Å². The van der Waals surface area contributed by atoms with Crippen molar-refractivity contribution in [2.75, 3.05) is 23.3 Å². The maximum absolute atomic E-state index is 13.0. The van der Waals surface area contributed by atoms with Gasteiger partial charge < -0.3 is 16.0 Å². The van der Waals surface area contributed by atoms with E-state index in [1.54, 1.807) is 12.1 Å². The summed E-state index contributed by atoms with van der Waals surface area (Å²) in [6.45, 7) is 2.78. The number of rotatable bonds is 5. The van der Waals surface area contributed by atoms with E-state index in [9.17, 15) is 18.4 Å². The van der Waals surface area contributed by atoms with Gasteiger partial charge in [0, 0.05) is 30.3 Å². The van der Waals surface area contributed by atoms with Crippen LogP contribution in [0.25, 0.3) is 0 Å². The first-order valence-corrected chi connectivity index (χ1v) is 8.55. The lowest BCUT2D eigenvalue weighted by atomic mass is 9.96. The van der Waals surface area contributed by atoms with Crippen LogP contribution in [0.3, 0.4) is 0 Å². The molecule has 2 aliphatic rings. The minimum atomic E-state index is -2.49. The SMILES string of the molecule is CC1(C(F)F)CC1C(=O)Nc1ccccc1N1CCC(C(N)=O)CC1. The summed E-state index contributed by atoms with van der Waals surface area (Å²) in [5.74, 6) is -1.40. The third-order valence-corrected chi connectivity index (χ3v) is 5.49. The van der Waals surface area contributed by atoms with Crippen LogP contribution < -0.4 is 16.0 Å². The van der Waals surface area contributed by atoms with Gasteiger partial charge in [-0.05, 0) is 31.4 Å². The first kappa shape index (κ1) is 17.6. The molecule has 0 bridgehead atoms. The molecule has 3 N–H and O–H groups in total. The number of carbonyl (C=O) groups is 2. The van der Waals surface area contributed by atoms with Gasteiger partial charge in [0.2, 0.25) is 18.2 Å². The number of alkyl halides is 2. The first-order chi connectivity index (χ1) is 11.8. The number of benzene rings is 1. The van der Waals surface area contributed by atoms with E-state index in [0.717, 1.165) is 5.69 Å². The van der Waals surface area contributed by atoms with Gasteiger partial charge in [-0.1, -0.05) is 19.1 Å². The van der Waals surface area contributed by atoms with Crippen LogP contribution in [0.2, 0.25) is 0 Å². The fourth-order valence-electron chi connectivity index (χ4n) is 3.49. The van der Waals surface area contributed by atoms with Gasteiger partial charge in [-0.25, -0.2) is 8.78 Å². The molecule has 1 aromatic rings. The van der Waals surface area contributed by atoms with E-state index >= 15 is 0 Å². The Morgan fingerprint density at radius 2 is 1.92 bits per heavy atom. The predicted octanol–water partition coefficient (Wildman–Crippen LogP) is 2.62. The Balaban J connectivity index is 1.68. The lowest BCUT2D eigenvalue weighted by molar-refractivity contribution is -0.122. The Morgan fingerprint density at radius 1 is 1.28 bits per heavy atom. The van der Waals surface area contributed by atoms with Gasteiger partial charge in [-0.2, -0.15) is 0 Å². The number of carbonyl (C=O) groups excluding carboxylic acids is 2. The van der Waals surface area contributed by atoms with Crippen molar-refractivity contribution in [3.05, 3.63) is 24.3 Å². The van der Waals surface area contributed by atoms with Crippen molar-refractivity contribution in [1.82, 2.24) is 0 Å². The Kier molecular flexibility index (Phi) is 4.67. The van der Waals surface area contributed by atoms with Crippen molar-refractivity contribution in [1.29, 1.82) is 0 Å². The Bertz CT molecular complexity index is 674. The minimum Gasteiger partial charge on any atom is -0.370 e. The molecule has 7 heteroatoms. The van der Waals surface area contributed by atoms with E-state index in [-0.39, 0.29) is 24.2 Å². The summed E-state index contributed by atoms with van der Waals surface area (Å²) in [6, 6.07) is 7.33. The highest BCUT2D eigenvalue weighted by molar-refractivity contribution is 5.98. The van der Waals surface area contributed by atoms with Gasteiger partial charge in [0.15, 0.2) is 0 Å². The number of hydrogen-bond donors (Lipinski definition) is 2. The number of nitrogens with two attached hydrogens (primary N) is 1. The maximum atomic E-state index is 13.0. The number of nitrogens with zero attached hydrogens (tertiary/aromatic N) is 1. The number of piperidine rings is 1. The molecule has 2 amide bonds. The molecular formula is C18H23F2N3O2. The molecule has 2 atom stereocenters. The molecule has 5 nitrogen and oxygen atoms in total. The third-order valence-electron chi connectivity index (χ3n) is 5.49. The molecule has 1 aliphatic carbocycles. The van der Waals surface area contributed by atoms with Crippen LogP contribution in [0.4, 0.5) is 20.2 Å². The molecule has 2 fully saturated rings. The van der Waals surface area contributed by atoms with Crippen molar-refractivity contribution >= 4 is 23.2 Å². The lowest BCUT2D eigenvalue weighted by Crippen LogP contribution is -2.39. The van der Waals surface area contributed by atoms with Crippen LogP contribution in [-0.4, -0.2) is 31.3 Å². The molecule has 25 heavy (non-hydrogen) atoms. The van der Waals surface area contributed by atoms with Crippen molar-refractivity contribution in [2.24, 2.45) is 23.0 Å². The number of hydrogen-bond acceptors (Lipinski definition) is 3. The highest BCUT2D eigenvalue weighted by atomic mass is 19.3. The number of nitrogens with one attached hydrogen (secondary N) is 1. The fourth-order valence-corrected chi connectivity index (χ4v) is 3.49. The zero-order valence-corrected chi connectivity index (χ0v) is 14.2. The van der Waals surface area contributed by atoms with E-state index in [1.807, 2.05) is 12.1 Å². The second-order valence-electron chi connectivity index (χ2n) is 7.23. The second-order valence-corrected chi connectivity index (χ2v) is 7.23. The topological polar surface area (TPSA) is 75.4 Å². The number of halogens is 2. The third kappa shape index (κ3) is 3.45. The Hall–Kier alpha value is -2.18. The van der Waals surface area contributed by atoms with Gasteiger partial charge in [0.05, 0.1) is 11.4 Å². The first-order valence-electron chi connectivity index (χ1n) is 8.55. The summed E-state index contributed by atoms with van der Waals surface area (Å²) < 4.78 is 26.0. The molecule has 1 aliphatic heterocycles. The number of amides is 2. The lowest BCUT2D eigenvalue weighted by Gasteiger charge is -2.33. The maximum Gasteiger partial charge on any atom is 0.244 e. The molecule has 1 saturated carbocycles.